The van der Waals surface area contributed by atoms with Crippen LogP contribution in [0.1, 0.15) is 22.9 Å². The van der Waals surface area contributed by atoms with E-state index < -0.39 is 24.6 Å². The number of hydrogen-bond donors (Lipinski definition) is 2. The Morgan fingerprint density at radius 1 is 1.14 bits per heavy atom. The van der Waals surface area contributed by atoms with E-state index in [2.05, 4.69) is 4.98 Å². The van der Waals surface area contributed by atoms with Crippen LogP contribution in [0.4, 0.5) is 13.2 Å². The molecule has 0 aliphatic rings. The number of halogens is 3. The minimum Gasteiger partial charge on any atom is -0.393 e. The van der Waals surface area contributed by atoms with Gasteiger partial charge in [0.05, 0.1) is 12.3 Å². The molecule has 1 aromatic heterocycles. The summed E-state index contributed by atoms with van der Waals surface area (Å²) in [4.78, 5) is 3.60. The Labute approximate surface area is 132 Å². The predicted octanol–water partition coefficient (Wildman–Crippen LogP) is 3.21. The van der Waals surface area contributed by atoms with E-state index in [0.29, 0.717) is 5.56 Å². The van der Waals surface area contributed by atoms with Crippen molar-refractivity contribution in [1.29, 1.82) is 0 Å². The first-order chi connectivity index (χ1) is 9.81. The van der Waals surface area contributed by atoms with E-state index >= 15 is 0 Å². The molecule has 0 bridgehead atoms. The Kier molecular flexibility index (Phi) is 5.99. The second-order valence-electron chi connectivity index (χ2n) is 4.73. The number of aromatic nitrogens is 1. The molecule has 3 nitrogen and oxygen atoms in total. The lowest BCUT2D eigenvalue weighted by atomic mass is 10.0. The summed E-state index contributed by atoms with van der Waals surface area (Å²) in [6.07, 6.45) is -6.00. The fraction of sp³-hybridized carbons (Fsp3) is 0.267. The van der Waals surface area contributed by atoms with Crippen LogP contribution in [0.15, 0.2) is 36.4 Å². The van der Waals surface area contributed by atoms with Gasteiger partial charge in [-0.25, -0.2) is 4.98 Å². The normalized spacial score (nSPS) is 12.6. The van der Waals surface area contributed by atoms with E-state index in [9.17, 15) is 18.3 Å². The highest BCUT2D eigenvalue weighted by molar-refractivity contribution is 7.59. The van der Waals surface area contributed by atoms with Gasteiger partial charge in [-0.1, -0.05) is 29.8 Å². The zero-order valence-electron chi connectivity index (χ0n) is 11.7. The molecule has 2 aromatic rings. The Balaban J connectivity index is 0.00000242. The third-order valence-electron chi connectivity index (χ3n) is 3.04. The molecule has 0 aliphatic heterocycles. The van der Waals surface area contributed by atoms with Gasteiger partial charge in [-0.05, 0) is 24.6 Å². The predicted molar refractivity (Wildman–Crippen MR) is 81.8 cm³/mol. The largest absolute Gasteiger partial charge is 0.433 e. The van der Waals surface area contributed by atoms with Gasteiger partial charge in [0, 0.05) is 5.56 Å². The van der Waals surface area contributed by atoms with E-state index in [1.54, 1.807) is 24.3 Å². The summed E-state index contributed by atoms with van der Waals surface area (Å²) >= 11 is 0. The third-order valence-corrected chi connectivity index (χ3v) is 3.04. The number of rotatable bonds is 3. The van der Waals surface area contributed by atoms with Crippen molar-refractivity contribution in [2.75, 3.05) is 6.61 Å². The van der Waals surface area contributed by atoms with Gasteiger partial charge in [-0.2, -0.15) is 26.7 Å². The van der Waals surface area contributed by atoms with E-state index in [1.165, 1.54) is 6.07 Å². The Morgan fingerprint density at radius 3 is 2.23 bits per heavy atom. The fourth-order valence-electron chi connectivity index (χ4n) is 1.87. The number of pyridine rings is 1. The molecule has 0 amide bonds. The number of hydrogen-bond acceptors (Lipinski definition) is 3. The van der Waals surface area contributed by atoms with Crippen LogP contribution >= 0.6 is 13.5 Å². The van der Waals surface area contributed by atoms with Gasteiger partial charge in [0.2, 0.25) is 0 Å². The lowest BCUT2D eigenvalue weighted by Gasteiger charge is -2.14. The van der Waals surface area contributed by atoms with Crippen LogP contribution in [-0.4, -0.2) is 21.8 Å². The van der Waals surface area contributed by atoms with Crippen LogP contribution in [0.25, 0.3) is 11.3 Å². The second-order valence-corrected chi connectivity index (χ2v) is 4.73. The van der Waals surface area contributed by atoms with Crippen molar-refractivity contribution in [3.05, 3.63) is 53.2 Å². The van der Waals surface area contributed by atoms with Gasteiger partial charge in [0.15, 0.2) is 0 Å². The molecule has 2 N–H and O–H groups in total. The highest BCUT2D eigenvalue weighted by Gasteiger charge is 2.33. The van der Waals surface area contributed by atoms with Crippen molar-refractivity contribution < 1.29 is 23.4 Å². The molecule has 0 unspecified atom stereocenters. The molecule has 1 atom stereocenters. The summed E-state index contributed by atoms with van der Waals surface area (Å²) in [7, 11) is 0. The number of benzene rings is 1. The molecular weight excluding hydrogens is 315 g/mol. The molecule has 1 heterocycles. The Bertz CT molecular complexity index is 630. The maximum Gasteiger partial charge on any atom is 0.433 e. The molecule has 0 radical (unpaired) electrons. The summed E-state index contributed by atoms with van der Waals surface area (Å²) in [5, 5.41) is 18.5. The SMILES string of the molecule is Cc1ccc(-c2cc([C@H](O)CO)cc(C(F)(F)F)n2)cc1.S. The average molecular weight is 331 g/mol. The number of aryl methyl sites for hydroxylation is 1. The van der Waals surface area contributed by atoms with Crippen molar-refractivity contribution in [3.8, 4) is 11.3 Å². The van der Waals surface area contributed by atoms with Gasteiger partial charge in [-0.15, -0.1) is 0 Å². The van der Waals surface area contributed by atoms with Crippen molar-refractivity contribution in [3.63, 3.8) is 0 Å². The van der Waals surface area contributed by atoms with Crippen LogP contribution in [0.2, 0.25) is 0 Å². The van der Waals surface area contributed by atoms with Crippen molar-refractivity contribution in [1.82, 2.24) is 4.98 Å². The van der Waals surface area contributed by atoms with Gasteiger partial charge >= 0.3 is 6.18 Å². The number of alkyl halides is 3. The first kappa shape index (κ1) is 18.5. The Morgan fingerprint density at radius 2 is 1.73 bits per heavy atom. The van der Waals surface area contributed by atoms with Gasteiger partial charge in [-0.3, -0.25) is 0 Å². The monoisotopic (exact) mass is 331 g/mol. The zero-order valence-corrected chi connectivity index (χ0v) is 12.7. The molecule has 0 aliphatic carbocycles. The molecule has 2 rings (SSSR count). The molecule has 0 saturated heterocycles. The smallest absolute Gasteiger partial charge is 0.393 e. The molecule has 22 heavy (non-hydrogen) atoms. The van der Waals surface area contributed by atoms with Crippen LogP contribution < -0.4 is 0 Å². The summed E-state index contributed by atoms with van der Waals surface area (Å²) in [5.74, 6) is 0. The van der Waals surface area contributed by atoms with E-state index in [0.717, 1.165) is 11.6 Å². The molecule has 120 valence electrons. The molecule has 7 heteroatoms. The second kappa shape index (κ2) is 7.13. The molecule has 1 aromatic carbocycles. The number of aliphatic hydroxyl groups is 2. The maximum atomic E-state index is 12.9. The number of aliphatic hydroxyl groups excluding tert-OH is 2. The molecular formula is C15H16F3NO2S. The fourth-order valence-corrected chi connectivity index (χ4v) is 1.87. The van der Waals surface area contributed by atoms with Crippen LogP contribution in [-0.2, 0) is 6.18 Å². The van der Waals surface area contributed by atoms with Crippen LogP contribution in [0.5, 0.6) is 0 Å². The lowest BCUT2D eigenvalue weighted by molar-refractivity contribution is -0.141. The van der Waals surface area contributed by atoms with Gasteiger partial charge < -0.3 is 10.2 Å². The highest BCUT2D eigenvalue weighted by atomic mass is 32.1. The number of nitrogens with zero attached hydrogens (tertiary/aromatic N) is 1. The summed E-state index contributed by atoms with van der Waals surface area (Å²) in [5.41, 5.74) is 0.477. The average Bonchev–Trinajstić information content (AvgIpc) is 2.45. The van der Waals surface area contributed by atoms with E-state index in [1.807, 2.05) is 6.92 Å². The van der Waals surface area contributed by atoms with Crippen LogP contribution in [0, 0.1) is 6.92 Å². The summed E-state index contributed by atoms with van der Waals surface area (Å²) in [6, 6.07) is 8.94. The lowest BCUT2D eigenvalue weighted by Crippen LogP contribution is -2.12. The van der Waals surface area contributed by atoms with Crippen molar-refractivity contribution in [2.45, 2.75) is 19.2 Å². The minimum absolute atomic E-state index is 0. The molecule has 0 saturated carbocycles. The van der Waals surface area contributed by atoms with Crippen molar-refractivity contribution >= 4 is 13.5 Å². The van der Waals surface area contributed by atoms with E-state index in [-0.39, 0.29) is 24.8 Å². The summed E-state index contributed by atoms with van der Waals surface area (Å²) in [6.45, 7) is 1.21. The first-order valence-corrected chi connectivity index (χ1v) is 6.26. The highest BCUT2D eigenvalue weighted by Crippen LogP contribution is 2.32. The minimum atomic E-state index is -4.62. The van der Waals surface area contributed by atoms with E-state index in [4.69, 9.17) is 5.11 Å². The standard InChI is InChI=1S/C15H14F3NO2.H2S/c1-9-2-4-10(5-3-9)12-6-11(13(21)8-20)7-14(19-12)15(16,17)18;/h2-7,13,20-21H,8H2,1H3;1H2/t13-;/m1./s1. The summed E-state index contributed by atoms with van der Waals surface area (Å²) < 4.78 is 38.7. The first-order valence-electron chi connectivity index (χ1n) is 6.26. The van der Waals surface area contributed by atoms with Gasteiger partial charge in [0.1, 0.15) is 11.8 Å². The zero-order chi connectivity index (χ0) is 15.6. The Hall–Kier alpha value is -1.57. The topological polar surface area (TPSA) is 53.4 Å². The van der Waals surface area contributed by atoms with Crippen LogP contribution in [0.3, 0.4) is 0 Å². The van der Waals surface area contributed by atoms with Gasteiger partial charge in [0.25, 0.3) is 0 Å². The molecule has 0 spiro atoms. The van der Waals surface area contributed by atoms with Crippen molar-refractivity contribution in [2.24, 2.45) is 0 Å². The molecule has 0 fully saturated rings. The maximum absolute atomic E-state index is 12.9. The third kappa shape index (κ3) is 4.22. The quantitative estimate of drug-likeness (QED) is 0.908.